The zero-order valence-electron chi connectivity index (χ0n) is 10.1. The highest BCUT2D eigenvalue weighted by molar-refractivity contribution is 5.97. The number of carbonyl (C=O) groups excluding carboxylic acids is 2. The van der Waals surface area contributed by atoms with Crippen molar-refractivity contribution in [1.29, 1.82) is 0 Å². The topological polar surface area (TPSA) is 86.2 Å². The molecule has 0 heterocycles. The average molecular weight is 274 g/mol. The van der Waals surface area contributed by atoms with Crippen LogP contribution in [0.3, 0.4) is 0 Å². The molecule has 2 amide bonds. The third-order valence-corrected chi connectivity index (χ3v) is 2.77. The molecule has 0 aliphatic rings. The predicted molar refractivity (Wildman–Crippen MR) is 62.2 cm³/mol. The smallest absolute Gasteiger partial charge is 0.369 e. The van der Waals surface area contributed by atoms with Gasteiger partial charge in [0.1, 0.15) is 0 Å². The Morgan fingerprint density at radius 3 is 2.21 bits per heavy atom. The summed E-state index contributed by atoms with van der Waals surface area (Å²) in [6.45, 7) is 1.64. The Balaban J connectivity index is 3.42. The Hall–Kier alpha value is -2.05. The summed E-state index contributed by atoms with van der Waals surface area (Å²) in [6, 6.07) is 2.51. The Morgan fingerprint density at radius 1 is 1.26 bits per heavy atom. The minimum atomic E-state index is -4.59. The summed E-state index contributed by atoms with van der Waals surface area (Å²) >= 11 is 0. The number of nitrogens with two attached hydrogens (primary N) is 2. The van der Waals surface area contributed by atoms with E-state index in [-0.39, 0.29) is 17.5 Å². The first-order valence-corrected chi connectivity index (χ1v) is 5.48. The fraction of sp³-hybridized carbons (Fsp3) is 0.333. The maximum Gasteiger partial charge on any atom is 0.416 e. The minimum Gasteiger partial charge on any atom is -0.369 e. The second-order valence-electron chi connectivity index (χ2n) is 4.03. The lowest BCUT2D eigenvalue weighted by molar-refractivity contribution is -0.137. The molecule has 19 heavy (non-hydrogen) atoms. The molecule has 0 saturated carbocycles. The molecule has 1 atom stereocenters. The summed E-state index contributed by atoms with van der Waals surface area (Å²) in [7, 11) is 0. The number of hydrogen-bond donors (Lipinski definition) is 2. The van der Waals surface area contributed by atoms with Crippen LogP contribution < -0.4 is 11.5 Å². The number of carbonyl (C=O) groups is 2. The van der Waals surface area contributed by atoms with Gasteiger partial charge in [0, 0.05) is 5.56 Å². The molecular weight excluding hydrogens is 261 g/mol. The van der Waals surface area contributed by atoms with Gasteiger partial charge in [0.2, 0.25) is 11.8 Å². The zero-order valence-corrected chi connectivity index (χ0v) is 10.1. The van der Waals surface area contributed by atoms with Crippen LogP contribution in [-0.4, -0.2) is 11.8 Å². The second-order valence-corrected chi connectivity index (χ2v) is 4.03. The van der Waals surface area contributed by atoms with E-state index in [4.69, 9.17) is 11.5 Å². The molecule has 1 aromatic carbocycles. The van der Waals surface area contributed by atoms with Crippen molar-refractivity contribution in [3.05, 3.63) is 34.9 Å². The van der Waals surface area contributed by atoms with Crippen LogP contribution in [-0.2, 0) is 11.0 Å². The zero-order chi connectivity index (χ0) is 14.8. The first-order valence-electron chi connectivity index (χ1n) is 5.48. The van der Waals surface area contributed by atoms with Crippen molar-refractivity contribution in [1.82, 2.24) is 0 Å². The number of amides is 2. The van der Waals surface area contributed by atoms with Gasteiger partial charge in [0.15, 0.2) is 0 Å². The van der Waals surface area contributed by atoms with Crippen molar-refractivity contribution in [3.63, 3.8) is 0 Å². The first-order chi connectivity index (χ1) is 8.68. The highest BCUT2D eigenvalue weighted by Gasteiger charge is 2.32. The number of alkyl halides is 3. The molecule has 0 bridgehead atoms. The summed E-state index contributed by atoms with van der Waals surface area (Å²) in [5.41, 5.74) is 9.01. The van der Waals surface area contributed by atoms with Crippen LogP contribution in [0.15, 0.2) is 18.2 Å². The van der Waals surface area contributed by atoms with Gasteiger partial charge in [-0.2, -0.15) is 13.2 Å². The minimum absolute atomic E-state index is 0.121. The normalized spacial score (nSPS) is 13.1. The van der Waals surface area contributed by atoms with Crippen LogP contribution in [0.2, 0.25) is 0 Å². The lowest BCUT2D eigenvalue weighted by Gasteiger charge is -2.16. The van der Waals surface area contributed by atoms with Gasteiger partial charge in [-0.15, -0.1) is 0 Å². The molecule has 0 aliphatic heterocycles. The molecule has 0 saturated heterocycles. The Bertz CT molecular complexity index is 512. The lowest BCUT2D eigenvalue weighted by atomic mass is 9.90. The SMILES string of the molecule is CC[C@H](C(N)=O)c1ccc(C(F)(F)F)cc1C(N)=O. The van der Waals surface area contributed by atoms with Crippen molar-refractivity contribution in [2.75, 3.05) is 0 Å². The van der Waals surface area contributed by atoms with Gasteiger partial charge in [0.25, 0.3) is 0 Å². The molecule has 0 aliphatic carbocycles. The summed E-state index contributed by atoms with van der Waals surface area (Å²) in [4.78, 5) is 22.5. The first kappa shape index (κ1) is 15.0. The molecule has 0 unspecified atom stereocenters. The van der Waals surface area contributed by atoms with Crippen LogP contribution in [0.5, 0.6) is 0 Å². The molecule has 1 aromatic rings. The van der Waals surface area contributed by atoms with Crippen LogP contribution in [0.4, 0.5) is 13.2 Å². The van der Waals surface area contributed by atoms with Crippen molar-refractivity contribution in [2.45, 2.75) is 25.4 Å². The van der Waals surface area contributed by atoms with Crippen molar-refractivity contribution >= 4 is 11.8 Å². The van der Waals surface area contributed by atoms with E-state index in [2.05, 4.69) is 0 Å². The van der Waals surface area contributed by atoms with Gasteiger partial charge in [-0.3, -0.25) is 9.59 Å². The second kappa shape index (κ2) is 5.29. The Morgan fingerprint density at radius 2 is 1.84 bits per heavy atom. The summed E-state index contributed by atoms with van der Waals surface area (Å²) in [6.07, 6.45) is -4.32. The van der Waals surface area contributed by atoms with Gasteiger partial charge in [-0.25, -0.2) is 0 Å². The lowest BCUT2D eigenvalue weighted by Crippen LogP contribution is -2.25. The standard InChI is InChI=1S/C12H13F3N2O2/c1-2-7(10(16)18)8-4-3-6(12(13,14)15)5-9(8)11(17)19/h3-5,7H,2H2,1H3,(H2,16,18)(H2,17,19)/t7-/m0/s1. The maximum absolute atomic E-state index is 12.6. The summed E-state index contributed by atoms with van der Waals surface area (Å²) in [5, 5.41) is 0. The number of halogens is 3. The molecule has 1 rings (SSSR count). The number of rotatable bonds is 4. The molecule has 4 N–H and O–H groups in total. The third kappa shape index (κ3) is 3.24. The molecule has 0 fully saturated rings. The monoisotopic (exact) mass is 274 g/mol. The molecular formula is C12H13F3N2O2. The largest absolute Gasteiger partial charge is 0.416 e. The fourth-order valence-electron chi connectivity index (χ4n) is 1.82. The third-order valence-electron chi connectivity index (χ3n) is 2.77. The van der Waals surface area contributed by atoms with E-state index in [0.29, 0.717) is 6.07 Å². The number of benzene rings is 1. The van der Waals surface area contributed by atoms with E-state index < -0.39 is 29.5 Å². The maximum atomic E-state index is 12.6. The van der Waals surface area contributed by atoms with Gasteiger partial charge >= 0.3 is 6.18 Å². The predicted octanol–water partition coefficient (Wildman–Crippen LogP) is 1.78. The van der Waals surface area contributed by atoms with E-state index >= 15 is 0 Å². The quantitative estimate of drug-likeness (QED) is 0.876. The van der Waals surface area contributed by atoms with Crippen LogP contribution in [0.25, 0.3) is 0 Å². The highest BCUT2D eigenvalue weighted by atomic mass is 19.4. The van der Waals surface area contributed by atoms with E-state index in [0.717, 1.165) is 12.1 Å². The van der Waals surface area contributed by atoms with Gasteiger partial charge in [-0.1, -0.05) is 13.0 Å². The number of primary amides is 2. The van der Waals surface area contributed by atoms with E-state index in [1.165, 1.54) is 0 Å². The summed E-state index contributed by atoms with van der Waals surface area (Å²) < 4.78 is 37.7. The molecule has 7 heteroatoms. The van der Waals surface area contributed by atoms with Gasteiger partial charge in [0.05, 0.1) is 11.5 Å². The van der Waals surface area contributed by atoms with Crippen LogP contribution in [0.1, 0.15) is 40.7 Å². The van der Waals surface area contributed by atoms with Crippen LogP contribution >= 0.6 is 0 Å². The Labute approximate surface area is 107 Å². The fourth-order valence-corrected chi connectivity index (χ4v) is 1.82. The molecule has 104 valence electrons. The highest BCUT2D eigenvalue weighted by Crippen LogP contribution is 2.32. The van der Waals surface area contributed by atoms with E-state index in [1.807, 2.05) is 0 Å². The molecule has 4 nitrogen and oxygen atoms in total. The van der Waals surface area contributed by atoms with Gasteiger partial charge in [-0.05, 0) is 24.1 Å². The van der Waals surface area contributed by atoms with E-state index in [1.54, 1.807) is 6.92 Å². The average Bonchev–Trinajstić information content (AvgIpc) is 2.28. The van der Waals surface area contributed by atoms with E-state index in [9.17, 15) is 22.8 Å². The molecule has 0 spiro atoms. The van der Waals surface area contributed by atoms with Crippen molar-refractivity contribution in [2.24, 2.45) is 11.5 Å². The van der Waals surface area contributed by atoms with Crippen molar-refractivity contribution in [3.8, 4) is 0 Å². The molecule has 0 aromatic heterocycles. The Kier molecular flexibility index (Phi) is 4.18. The summed E-state index contributed by atoms with van der Waals surface area (Å²) in [5.74, 6) is -2.59. The molecule has 0 radical (unpaired) electrons. The van der Waals surface area contributed by atoms with Crippen LogP contribution in [0, 0.1) is 0 Å². The van der Waals surface area contributed by atoms with Gasteiger partial charge < -0.3 is 11.5 Å². The van der Waals surface area contributed by atoms with Crippen molar-refractivity contribution < 1.29 is 22.8 Å². The number of hydrogen-bond acceptors (Lipinski definition) is 2.